The smallest absolute Gasteiger partial charge is 0.261 e. The molecular formula is C29H37N7O2. The van der Waals surface area contributed by atoms with Crippen LogP contribution in [-0.2, 0) is 0 Å². The largest absolute Gasteiger partial charge is 0.495 e. The number of ether oxygens (including phenoxy) is 1. The van der Waals surface area contributed by atoms with Crippen molar-refractivity contribution in [3.8, 4) is 5.75 Å². The molecule has 0 unspecified atom stereocenters. The molecule has 2 fully saturated rings. The lowest BCUT2D eigenvalue weighted by molar-refractivity contribution is 0.102. The molecule has 3 N–H and O–H groups in total. The number of nitrogens with one attached hydrogen (secondary N) is 3. The molecule has 0 spiro atoms. The van der Waals surface area contributed by atoms with Gasteiger partial charge in [0.25, 0.3) is 5.91 Å². The summed E-state index contributed by atoms with van der Waals surface area (Å²) in [5, 5.41) is 9.82. The maximum atomic E-state index is 13.3. The van der Waals surface area contributed by atoms with Gasteiger partial charge in [0, 0.05) is 55.9 Å². The predicted octanol–water partition coefficient (Wildman–Crippen LogP) is 4.81. The summed E-state index contributed by atoms with van der Waals surface area (Å²) in [6.45, 7) is 7.95. The molecule has 0 radical (unpaired) electrons. The molecular weight excluding hydrogens is 478 g/mol. The summed E-state index contributed by atoms with van der Waals surface area (Å²) in [7, 11) is 3.84. The van der Waals surface area contributed by atoms with Gasteiger partial charge in [-0.1, -0.05) is 18.2 Å². The quantitative estimate of drug-likeness (QED) is 0.393. The normalized spacial score (nSPS) is 16.1. The third-order valence-electron chi connectivity index (χ3n) is 7.48. The van der Waals surface area contributed by atoms with Gasteiger partial charge in [-0.3, -0.25) is 4.79 Å². The Morgan fingerprint density at radius 1 is 1.05 bits per heavy atom. The molecule has 0 atom stereocenters. The Balaban J connectivity index is 1.37. The van der Waals surface area contributed by atoms with E-state index in [0.717, 1.165) is 73.0 Å². The van der Waals surface area contributed by atoms with Gasteiger partial charge < -0.3 is 30.5 Å². The van der Waals surface area contributed by atoms with Crippen molar-refractivity contribution in [2.24, 2.45) is 0 Å². The summed E-state index contributed by atoms with van der Waals surface area (Å²) in [5.74, 6) is 1.53. The van der Waals surface area contributed by atoms with E-state index in [1.165, 1.54) is 6.42 Å². The van der Waals surface area contributed by atoms with Crippen molar-refractivity contribution < 1.29 is 9.53 Å². The van der Waals surface area contributed by atoms with Crippen LogP contribution >= 0.6 is 0 Å². The topological polar surface area (TPSA) is 94.6 Å². The van der Waals surface area contributed by atoms with E-state index >= 15 is 0 Å². The minimum Gasteiger partial charge on any atom is -0.495 e. The molecule has 5 rings (SSSR count). The summed E-state index contributed by atoms with van der Waals surface area (Å²) in [5.41, 5.74) is 5.18. The Morgan fingerprint density at radius 3 is 2.45 bits per heavy atom. The fraction of sp³-hybridized carbons (Fsp3) is 0.414. The zero-order valence-electron chi connectivity index (χ0n) is 22.7. The number of anilines is 5. The molecule has 2 aromatic carbocycles. The number of benzene rings is 2. The average molecular weight is 516 g/mol. The van der Waals surface area contributed by atoms with Crippen LogP contribution in [0.2, 0.25) is 0 Å². The average Bonchev–Trinajstić information content (AvgIpc) is 2.89. The fourth-order valence-corrected chi connectivity index (χ4v) is 4.85. The SMILES string of the molecule is COc1cc(Nc2ncc(C(=O)Nc3c(C)cccc3C)c(NC3CCC3)n2)ccc1N1CCN(C)CC1. The van der Waals surface area contributed by atoms with Crippen molar-refractivity contribution in [1.82, 2.24) is 14.9 Å². The number of hydrogen-bond donors (Lipinski definition) is 3. The zero-order valence-corrected chi connectivity index (χ0v) is 22.7. The van der Waals surface area contributed by atoms with Gasteiger partial charge in [-0.25, -0.2) is 4.98 Å². The van der Waals surface area contributed by atoms with E-state index in [1.54, 1.807) is 13.3 Å². The molecule has 1 aromatic heterocycles. The molecule has 1 amide bonds. The second-order valence-corrected chi connectivity index (χ2v) is 10.3. The molecule has 0 bridgehead atoms. The number of amides is 1. The minimum absolute atomic E-state index is 0.228. The second-order valence-electron chi connectivity index (χ2n) is 10.3. The van der Waals surface area contributed by atoms with Crippen molar-refractivity contribution in [3.63, 3.8) is 0 Å². The first kappa shape index (κ1) is 25.8. The minimum atomic E-state index is -0.228. The fourth-order valence-electron chi connectivity index (χ4n) is 4.85. The molecule has 1 aliphatic carbocycles. The van der Waals surface area contributed by atoms with Crippen molar-refractivity contribution in [1.29, 1.82) is 0 Å². The van der Waals surface area contributed by atoms with E-state index in [9.17, 15) is 4.79 Å². The number of hydrogen-bond acceptors (Lipinski definition) is 8. The van der Waals surface area contributed by atoms with Gasteiger partial charge >= 0.3 is 0 Å². The maximum absolute atomic E-state index is 13.3. The number of aromatic nitrogens is 2. The molecule has 1 aliphatic heterocycles. The predicted molar refractivity (Wildman–Crippen MR) is 153 cm³/mol. The van der Waals surface area contributed by atoms with Gasteiger partial charge in [0.15, 0.2) is 0 Å². The Labute approximate surface area is 224 Å². The first-order chi connectivity index (χ1) is 18.4. The van der Waals surface area contributed by atoms with Crippen LogP contribution in [0.25, 0.3) is 0 Å². The lowest BCUT2D eigenvalue weighted by Gasteiger charge is -2.34. The maximum Gasteiger partial charge on any atom is 0.261 e. The van der Waals surface area contributed by atoms with E-state index in [-0.39, 0.29) is 5.91 Å². The zero-order chi connectivity index (χ0) is 26.6. The van der Waals surface area contributed by atoms with E-state index in [2.05, 4.69) is 43.8 Å². The summed E-state index contributed by atoms with van der Waals surface area (Å²) >= 11 is 0. The Morgan fingerprint density at radius 2 is 1.79 bits per heavy atom. The van der Waals surface area contributed by atoms with Gasteiger partial charge in [0.05, 0.1) is 12.8 Å². The molecule has 9 heteroatoms. The van der Waals surface area contributed by atoms with Crippen molar-refractivity contribution in [3.05, 3.63) is 59.3 Å². The van der Waals surface area contributed by atoms with Crippen LogP contribution < -0.4 is 25.6 Å². The van der Waals surface area contributed by atoms with Gasteiger partial charge in [0.2, 0.25) is 5.95 Å². The molecule has 200 valence electrons. The summed E-state index contributed by atoms with van der Waals surface area (Å²) in [6.07, 6.45) is 4.90. The van der Waals surface area contributed by atoms with Crippen LogP contribution in [0.5, 0.6) is 5.75 Å². The highest BCUT2D eigenvalue weighted by Gasteiger charge is 2.23. The molecule has 38 heavy (non-hydrogen) atoms. The number of carbonyl (C=O) groups is 1. The third-order valence-corrected chi connectivity index (χ3v) is 7.48. The Bertz CT molecular complexity index is 1280. The lowest BCUT2D eigenvalue weighted by Crippen LogP contribution is -2.44. The van der Waals surface area contributed by atoms with Gasteiger partial charge in [0.1, 0.15) is 17.1 Å². The lowest BCUT2D eigenvalue weighted by atomic mass is 9.93. The van der Waals surface area contributed by atoms with E-state index in [4.69, 9.17) is 9.72 Å². The number of para-hydroxylation sites is 1. The van der Waals surface area contributed by atoms with Crippen molar-refractivity contribution in [2.45, 2.75) is 39.2 Å². The van der Waals surface area contributed by atoms with Crippen molar-refractivity contribution in [2.75, 3.05) is 61.2 Å². The number of methoxy groups -OCH3 is 1. The third kappa shape index (κ3) is 5.67. The Kier molecular flexibility index (Phi) is 7.64. The number of aryl methyl sites for hydroxylation is 2. The first-order valence-corrected chi connectivity index (χ1v) is 13.3. The van der Waals surface area contributed by atoms with Crippen LogP contribution in [0.3, 0.4) is 0 Å². The summed E-state index contributed by atoms with van der Waals surface area (Å²) < 4.78 is 5.73. The van der Waals surface area contributed by atoms with Crippen LogP contribution in [-0.4, -0.2) is 67.2 Å². The van der Waals surface area contributed by atoms with Gasteiger partial charge in [-0.2, -0.15) is 4.98 Å². The first-order valence-electron chi connectivity index (χ1n) is 13.3. The number of nitrogens with zero attached hydrogens (tertiary/aromatic N) is 4. The van der Waals surface area contributed by atoms with E-state index < -0.39 is 0 Å². The summed E-state index contributed by atoms with van der Waals surface area (Å²) in [6, 6.07) is 12.3. The molecule has 3 aromatic rings. The molecule has 1 saturated heterocycles. The van der Waals surface area contributed by atoms with Crippen LogP contribution in [0.1, 0.15) is 40.7 Å². The standard InChI is InChI=1S/C29H37N7O2/c1-19-7-5-8-20(2)26(19)33-28(37)23-18-30-29(34-27(23)31-21-9-6-10-21)32-22-11-12-24(25(17-22)38-4)36-15-13-35(3)14-16-36/h5,7-8,11-12,17-18,21H,6,9-10,13-16H2,1-4H3,(H,33,37)(H2,30,31,32,34). The van der Waals surface area contributed by atoms with Gasteiger partial charge in [-0.05, 0) is 63.4 Å². The molecule has 1 saturated carbocycles. The monoisotopic (exact) mass is 515 g/mol. The van der Waals surface area contributed by atoms with E-state index in [0.29, 0.717) is 23.4 Å². The number of piperazine rings is 1. The molecule has 9 nitrogen and oxygen atoms in total. The van der Waals surface area contributed by atoms with Crippen LogP contribution in [0, 0.1) is 13.8 Å². The molecule has 2 heterocycles. The van der Waals surface area contributed by atoms with Gasteiger partial charge in [-0.15, -0.1) is 0 Å². The highest BCUT2D eigenvalue weighted by molar-refractivity contribution is 6.08. The highest BCUT2D eigenvalue weighted by Crippen LogP contribution is 2.33. The highest BCUT2D eigenvalue weighted by atomic mass is 16.5. The number of rotatable bonds is 8. The second kappa shape index (κ2) is 11.3. The van der Waals surface area contributed by atoms with Crippen molar-refractivity contribution >= 4 is 34.7 Å². The number of carbonyl (C=O) groups excluding carboxylic acids is 1. The van der Waals surface area contributed by atoms with E-state index in [1.807, 2.05) is 44.2 Å². The molecule has 2 aliphatic rings. The van der Waals surface area contributed by atoms with Crippen LogP contribution in [0.15, 0.2) is 42.6 Å². The number of likely N-dealkylation sites (N-methyl/N-ethyl adjacent to an activating group) is 1. The van der Waals surface area contributed by atoms with Crippen LogP contribution in [0.4, 0.5) is 28.8 Å². The Hall–Kier alpha value is -3.85. The summed E-state index contributed by atoms with van der Waals surface area (Å²) in [4.78, 5) is 27.2.